The molecule has 3 rings (SSSR count). The van der Waals surface area contributed by atoms with E-state index in [0.29, 0.717) is 11.1 Å². The van der Waals surface area contributed by atoms with E-state index in [4.69, 9.17) is 11.6 Å². The lowest BCUT2D eigenvalue weighted by Gasteiger charge is -2.00. The Morgan fingerprint density at radius 2 is 2.31 bits per heavy atom. The summed E-state index contributed by atoms with van der Waals surface area (Å²) in [4.78, 5) is 7.54. The molecule has 2 nitrogen and oxygen atoms in total. The highest BCUT2D eigenvalue weighted by Crippen LogP contribution is 2.42. The Labute approximate surface area is 80.9 Å². The molecule has 0 aliphatic heterocycles. The fraction of sp³-hybridized carbons (Fsp3) is 0.300. The van der Waals surface area contributed by atoms with Crippen LogP contribution in [0.15, 0.2) is 18.3 Å². The minimum absolute atomic E-state index is 0.594. The van der Waals surface area contributed by atoms with Crippen LogP contribution >= 0.6 is 11.6 Å². The van der Waals surface area contributed by atoms with Crippen molar-refractivity contribution in [1.29, 1.82) is 0 Å². The predicted molar refractivity (Wildman–Crippen MR) is 53.1 cm³/mol. The molecule has 0 spiro atoms. The highest BCUT2D eigenvalue weighted by Gasteiger charge is 2.27. The van der Waals surface area contributed by atoms with Crippen LogP contribution in [0.4, 0.5) is 0 Å². The molecule has 0 bridgehead atoms. The van der Waals surface area contributed by atoms with Gasteiger partial charge < -0.3 is 4.98 Å². The summed E-state index contributed by atoms with van der Waals surface area (Å²) in [5.74, 6) is 0.650. The van der Waals surface area contributed by atoms with Gasteiger partial charge in [0.15, 0.2) is 0 Å². The smallest absolute Gasteiger partial charge is 0.131 e. The average molecular weight is 193 g/mol. The zero-order chi connectivity index (χ0) is 8.84. The standard InChI is InChI=1S/C10H9ClN2/c11-9-5-8-7(3-4-12-8)10(13-9)6-1-2-6/h3-6,12H,1-2H2. The Morgan fingerprint density at radius 3 is 3.08 bits per heavy atom. The van der Waals surface area contributed by atoms with E-state index in [9.17, 15) is 0 Å². The number of rotatable bonds is 1. The van der Waals surface area contributed by atoms with Crippen LogP contribution in [0.3, 0.4) is 0 Å². The van der Waals surface area contributed by atoms with Crippen molar-refractivity contribution in [3.63, 3.8) is 0 Å². The highest BCUT2D eigenvalue weighted by atomic mass is 35.5. The third-order valence-corrected chi connectivity index (χ3v) is 2.70. The molecule has 66 valence electrons. The van der Waals surface area contributed by atoms with Gasteiger partial charge in [0.2, 0.25) is 0 Å². The molecule has 0 unspecified atom stereocenters. The van der Waals surface area contributed by atoms with Crippen LogP contribution in [0.2, 0.25) is 5.15 Å². The van der Waals surface area contributed by atoms with Crippen molar-refractivity contribution in [3.8, 4) is 0 Å². The van der Waals surface area contributed by atoms with Crippen molar-refractivity contribution in [2.45, 2.75) is 18.8 Å². The number of nitrogens with zero attached hydrogens (tertiary/aromatic N) is 1. The number of H-pyrrole nitrogens is 1. The highest BCUT2D eigenvalue weighted by molar-refractivity contribution is 6.30. The molecular weight excluding hydrogens is 184 g/mol. The fourth-order valence-electron chi connectivity index (χ4n) is 1.72. The Hall–Kier alpha value is -1.02. The lowest BCUT2D eigenvalue weighted by atomic mass is 10.2. The molecular formula is C10H9ClN2. The Morgan fingerprint density at radius 1 is 1.46 bits per heavy atom. The van der Waals surface area contributed by atoms with Gasteiger partial charge in [0, 0.05) is 17.5 Å². The monoisotopic (exact) mass is 192 g/mol. The summed E-state index contributed by atoms with van der Waals surface area (Å²) in [5.41, 5.74) is 2.27. The van der Waals surface area contributed by atoms with Crippen LogP contribution in [0, 0.1) is 0 Å². The third kappa shape index (κ3) is 1.13. The van der Waals surface area contributed by atoms with E-state index in [0.717, 1.165) is 5.52 Å². The molecule has 1 aliphatic rings. The molecule has 1 aliphatic carbocycles. The van der Waals surface area contributed by atoms with Gasteiger partial charge in [-0.05, 0) is 25.0 Å². The molecule has 2 aromatic rings. The van der Waals surface area contributed by atoms with Gasteiger partial charge in [-0.2, -0.15) is 0 Å². The molecule has 1 saturated carbocycles. The van der Waals surface area contributed by atoms with Gasteiger partial charge in [0.05, 0.1) is 11.2 Å². The quantitative estimate of drug-likeness (QED) is 0.692. The van der Waals surface area contributed by atoms with Crippen LogP contribution < -0.4 is 0 Å². The summed E-state index contributed by atoms with van der Waals surface area (Å²) in [6, 6.07) is 3.95. The first-order valence-corrected chi connectivity index (χ1v) is 4.86. The van der Waals surface area contributed by atoms with Gasteiger partial charge in [0.1, 0.15) is 5.15 Å². The molecule has 0 aromatic carbocycles. The molecule has 1 N–H and O–H groups in total. The second-order valence-electron chi connectivity index (χ2n) is 3.54. The summed E-state index contributed by atoms with van der Waals surface area (Å²) >= 11 is 5.92. The number of nitrogens with one attached hydrogen (secondary N) is 1. The number of pyridine rings is 1. The molecule has 1 fully saturated rings. The van der Waals surface area contributed by atoms with Crippen LogP contribution in [0.5, 0.6) is 0 Å². The Balaban J connectivity index is 2.33. The van der Waals surface area contributed by atoms with E-state index in [-0.39, 0.29) is 0 Å². The molecule has 0 amide bonds. The van der Waals surface area contributed by atoms with E-state index >= 15 is 0 Å². The Kier molecular flexibility index (Phi) is 1.41. The summed E-state index contributed by atoms with van der Waals surface area (Å²) in [6.45, 7) is 0. The number of fused-ring (bicyclic) bond motifs is 1. The first kappa shape index (κ1) is 7.39. The largest absolute Gasteiger partial charge is 0.361 e. The van der Waals surface area contributed by atoms with Gasteiger partial charge in [-0.1, -0.05) is 11.6 Å². The molecule has 3 heteroatoms. The number of aromatic nitrogens is 2. The van der Waals surface area contributed by atoms with Gasteiger partial charge >= 0.3 is 0 Å². The van der Waals surface area contributed by atoms with Gasteiger partial charge in [-0.25, -0.2) is 4.98 Å². The Bertz CT molecular complexity index is 457. The minimum atomic E-state index is 0.594. The maximum absolute atomic E-state index is 5.92. The summed E-state index contributed by atoms with van der Waals surface area (Å²) < 4.78 is 0. The van der Waals surface area contributed by atoms with Crippen molar-refractivity contribution in [3.05, 3.63) is 29.2 Å². The molecule has 2 heterocycles. The molecule has 2 aromatic heterocycles. The average Bonchev–Trinajstić information content (AvgIpc) is 2.84. The number of aromatic amines is 1. The normalized spacial score (nSPS) is 16.7. The van der Waals surface area contributed by atoms with E-state index < -0.39 is 0 Å². The molecule has 0 radical (unpaired) electrons. The first-order valence-electron chi connectivity index (χ1n) is 4.48. The zero-order valence-electron chi connectivity index (χ0n) is 7.05. The van der Waals surface area contributed by atoms with Crippen molar-refractivity contribution in [1.82, 2.24) is 9.97 Å². The van der Waals surface area contributed by atoms with Crippen molar-refractivity contribution >= 4 is 22.5 Å². The molecule has 0 atom stereocenters. The SMILES string of the molecule is Clc1cc2[nH]ccc2c(C2CC2)n1. The van der Waals surface area contributed by atoms with E-state index in [2.05, 4.69) is 16.0 Å². The number of hydrogen-bond acceptors (Lipinski definition) is 1. The lowest BCUT2D eigenvalue weighted by molar-refractivity contribution is 1.05. The maximum Gasteiger partial charge on any atom is 0.131 e. The van der Waals surface area contributed by atoms with Crippen LogP contribution in [-0.2, 0) is 0 Å². The van der Waals surface area contributed by atoms with Crippen molar-refractivity contribution in [2.75, 3.05) is 0 Å². The zero-order valence-corrected chi connectivity index (χ0v) is 7.80. The first-order chi connectivity index (χ1) is 6.34. The van der Waals surface area contributed by atoms with E-state index in [1.165, 1.54) is 23.9 Å². The van der Waals surface area contributed by atoms with Gasteiger partial charge in [-0.3, -0.25) is 0 Å². The fourth-order valence-corrected chi connectivity index (χ4v) is 1.92. The molecule has 0 saturated heterocycles. The summed E-state index contributed by atoms with van der Waals surface area (Å²) in [5, 5.41) is 1.82. The summed E-state index contributed by atoms with van der Waals surface area (Å²) in [7, 11) is 0. The number of halogens is 1. The van der Waals surface area contributed by atoms with Crippen molar-refractivity contribution < 1.29 is 0 Å². The topological polar surface area (TPSA) is 28.7 Å². The van der Waals surface area contributed by atoms with Gasteiger partial charge in [0.25, 0.3) is 0 Å². The predicted octanol–water partition coefficient (Wildman–Crippen LogP) is 3.09. The summed E-state index contributed by atoms with van der Waals surface area (Å²) in [6.07, 6.45) is 4.45. The number of hydrogen-bond donors (Lipinski definition) is 1. The lowest BCUT2D eigenvalue weighted by Crippen LogP contribution is -1.87. The van der Waals surface area contributed by atoms with Crippen molar-refractivity contribution in [2.24, 2.45) is 0 Å². The second-order valence-corrected chi connectivity index (χ2v) is 3.93. The van der Waals surface area contributed by atoms with E-state index in [1.807, 2.05) is 12.3 Å². The molecule has 13 heavy (non-hydrogen) atoms. The third-order valence-electron chi connectivity index (χ3n) is 2.51. The van der Waals surface area contributed by atoms with E-state index in [1.54, 1.807) is 0 Å². The van der Waals surface area contributed by atoms with Crippen LogP contribution in [0.1, 0.15) is 24.5 Å². The van der Waals surface area contributed by atoms with Crippen LogP contribution in [-0.4, -0.2) is 9.97 Å². The van der Waals surface area contributed by atoms with Gasteiger partial charge in [-0.15, -0.1) is 0 Å². The maximum atomic E-state index is 5.92. The van der Waals surface area contributed by atoms with Crippen LogP contribution in [0.25, 0.3) is 10.9 Å². The second kappa shape index (κ2) is 2.48. The minimum Gasteiger partial charge on any atom is -0.361 e.